The highest BCUT2D eigenvalue weighted by Crippen LogP contribution is 2.30. The first kappa shape index (κ1) is 13.4. The highest BCUT2D eigenvalue weighted by molar-refractivity contribution is 9.10. The second-order valence-corrected chi connectivity index (χ2v) is 5.54. The molecule has 0 saturated carbocycles. The third kappa shape index (κ3) is 3.18. The molecule has 7 heteroatoms. The lowest BCUT2D eigenvalue weighted by Crippen LogP contribution is -2.09. The lowest BCUT2D eigenvalue weighted by atomic mass is 10.1. The summed E-state index contributed by atoms with van der Waals surface area (Å²) in [6.45, 7) is -0.738. The van der Waals surface area contributed by atoms with Crippen molar-refractivity contribution in [2.24, 2.45) is 0 Å². The second kappa shape index (κ2) is 5.13. The van der Waals surface area contributed by atoms with Gasteiger partial charge in [-0.3, -0.25) is 0 Å². The summed E-state index contributed by atoms with van der Waals surface area (Å²) >= 11 is 3.19. The van der Waals surface area contributed by atoms with E-state index < -0.39 is 16.7 Å². The average molecular weight is 311 g/mol. The van der Waals surface area contributed by atoms with E-state index in [0.29, 0.717) is 10.0 Å². The minimum atomic E-state index is -3.66. The monoisotopic (exact) mass is 310 g/mol. The fraction of sp³-hybridized carbons (Fsp3) is 0.333. The topological polar surface area (TPSA) is 83.8 Å². The number of aliphatic hydroxyl groups excluding tert-OH is 2. The summed E-state index contributed by atoms with van der Waals surface area (Å²) in [6, 6.07) is 2.96. The molecule has 0 heterocycles. The van der Waals surface area contributed by atoms with Gasteiger partial charge in [-0.25, -0.2) is 0 Å². The molecule has 0 atom stereocenters. The van der Waals surface area contributed by atoms with Gasteiger partial charge in [-0.15, -0.1) is 0 Å². The second-order valence-electron chi connectivity index (χ2n) is 3.11. The zero-order valence-electron chi connectivity index (χ0n) is 8.47. The Labute approximate surface area is 102 Å². The van der Waals surface area contributed by atoms with E-state index in [1.165, 1.54) is 6.07 Å². The minimum Gasteiger partial charge on any atom is -0.392 e. The SMILES string of the molecule is CS(=O)(=O)Oc1ccc(Br)c(CO)c1CO. The Morgan fingerprint density at radius 2 is 1.81 bits per heavy atom. The van der Waals surface area contributed by atoms with Crippen molar-refractivity contribution in [3.8, 4) is 5.75 Å². The molecule has 0 spiro atoms. The van der Waals surface area contributed by atoms with Crippen molar-refractivity contribution < 1.29 is 22.8 Å². The molecule has 1 aromatic rings. The number of benzene rings is 1. The largest absolute Gasteiger partial charge is 0.392 e. The van der Waals surface area contributed by atoms with Crippen LogP contribution in [0.5, 0.6) is 5.75 Å². The van der Waals surface area contributed by atoms with Gasteiger partial charge in [0.15, 0.2) is 0 Å². The lowest BCUT2D eigenvalue weighted by molar-refractivity contribution is 0.256. The molecular weight excluding hydrogens is 300 g/mol. The van der Waals surface area contributed by atoms with Crippen molar-refractivity contribution in [1.82, 2.24) is 0 Å². The molecule has 0 aliphatic carbocycles. The molecule has 5 nitrogen and oxygen atoms in total. The van der Waals surface area contributed by atoms with Crippen LogP contribution in [-0.2, 0) is 23.3 Å². The van der Waals surface area contributed by atoms with Crippen LogP contribution in [0.2, 0.25) is 0 Å². The van der Waals surface area contributed by atoms with Gasteiger partial charge in [0.1, 0.15) is 5.75 Å². The van der Waals surface area contributed by atoms with E-state index in [9.17, 15) is 8.42 Å². The molecule has 1 rings (SSSR count). The first-order valence-electron chi connectivity index (χ1n) is 4.30. The van der Waals surface area contributed by atoms with Crippen LogP contribution < -0.4 is 4.18 Å². The Bertz CT molecular complexity index is 483. The van der Waals surface area contributed by atoms with E-state index >= 15 is 0 Å². The summed E-state index contributed by atoms with van der Waals surface area (Å²) in [7, 11) is -3.66. The molecule has 0 aliphatic heterocycles. The van der Waals surface area contributed by atoms with Gasteiger partial charge in [0.2, 0.25) is 0 Å². The highest BCUT2D eigenvalue weighted by Gasteiger charge is 2.15. The van der Waals surface area contributed by atoms with Crippen LogP contribution in [0, 0.1) is 0 Å². The van der Waals surface area contributed by atoms with Crippen molar-refractivity contribution in [2.45, 2.75) is 13.2 Å². The van der Waals surface area contributed by atoms with Crippen LogP contribution in [0.4, 0.5) is 0 Å². The van der Waals surface area contributed by atoms with Gasteiger partial charge in [0, 0.05) is 15.6 Å². The first-order valence-corrected chi connectivity index (χ1v) is 6.91. The maximum Gasteiger partial charge on any atom is 0.306 e. The molecule has 0 aliphatic rings. The smallest absolute Gasteiger partial charge is 0.306 e. The summed E-state index contributed by atoms with van der Waals surface area (Å²) in [4.78, 5) is 0. The van der Waals surface area contributed by atoms with Gasteiger partial charge in [0.25, 0.3) is 0 Å². The summed E-state index contributed by atoms with van der Waals surface area (Å²) in [6.07, 6.45) is 0.912. The molecule has 2 N–H and O–H groups in total. The van der Waals surface area contributed by atoms with E-state index in [1.807, 2.05) is 0 Å². The number of halogens is 1. The van der Waals surface area contributed by atoms with Crippen molar-refractivity contribution in [3.05, 3.63) is 27.7 Å². The summed E-state index contributed by atoms with van der Waals surface area (Å²) in [5, 5.41) is 18.3. The van der Waals surface area contributed by atoms with Crippen LogP contribution in [0.15, 0.2) is 16.6 Å². The standard InChI is InChI=1S/C9H11BrO5S/c1-16(13,14)15-9-3-2-8(10)6(4-11)7(9)5-12/h2-3,11-12H,4-5H2,1H3. The van der Waals surface area contributed by atoms with Gasteiger partial charge in [0.05, 0.1) is 19.5 Å². The third-order valence-electron chi connectivity index (χ3n) is 1.89. The summed E-state index contributed by atoms with van der Waals surface area (Å²) in [5.74, 6) is 0.0252. The normalized spacial score (nSPS) is 11.5. The molecule has 0 aromatic heterocycles. The van der Waals surface area contributed by atoms with Crippen molar-refractivity contribution in [3.63, 3.8) is 0 Å². The molecule has 0 amide bonds. The summed E-state index contributed by atoms with van der Waals surface area (Å²) in [5.41, 5.74) is 0.658. The van der Waals surface area contributed by atoms with E-state index in [2.05, 4.69) is 15.9 Å². The van der Waals surface area contributed by atoms with Gasteiger partial charge in [-0.05, 0) is 12.1 Å². The minimum absolute atomic E-state index is 0.0252. The summed E-state index contributed by atoms with van der Waals surface area (Å²) < 4.78 is 27.2. The maximum absolute atomic E-state index is 11.0. The quantitative estimate of drug-likeness (QED) is 0.803. The molecule has 0 fully saturated rings. The third-order valence-corrected chi connectivity index (χ3v) is 3.11. The van der Waals surface area contributed by atoms with Crippen molar-refractivity contribution in [2.75, 3.05) is 6.26 Å². The number of rotatable bonds is 4. The van der Waals surface area contributed by atoms with Crippen LogP contribution in [-0.4, -0.2) is 24.9 Å². The van der Waals surface area contributed by atoms with Gasteiger partial charge < -0.3 is 14.4 Å². The Morgan fingerprint density at radius 3 is 2.25 bits per heavy atom. The molecule has 90 valence electrons. The molecule has 0 bridgehead atoms. The molecule has 1 aromatic carbocycles. The van der Waals surface area contributed by atoms with E-state index in [0.717, 1.165) is 6.26 Å². The molecule has 0 radical (unpaired) electrons. The van der Waals surface area contributed by atoms with Gasteiger partial charge >= 0.3 is 10.1 Å². The van der Waals surface area contributed by atoms with E-state index in [-0.39, 0.29) is 17.9 Å². The van der Waals surface area contributed by atoms with Crippen LogP contribution in [0.1, 0.15) is 11.1 Å². The lowest BCUT2D eigenvalue weighted by Gasteiger charge is -2.12. The Morgan fingerprint density at radius 1 is 1.25 bits per heavy atom. The number of aliphatic hydroxyl groups is 2. The Balaban J connectivity index is 3.30. The molecule has 0 unspecified atom stereocenters. The maximum atomic E-state index is 11.0. The molecular formula is C9H11BrO5S. The highest BCUT2D eigenvalue weighted by atomic mass is 79.9. The van der Waals surface area contributed by atoms with Gasteiger partial charge in [-0.2, -0.15) is 8.42 Å². The van der Waals surface area contributed by atoms with Crippen LogP contribution >= 0.6 is 15.9 Å². The fourth-order valence-electron chi connectivity index (χ4n) is 1.23. The Kier molecular flexibility index (Phi) is 4.31. The van der Waals surface area contributed by atoms with E-state index in [4.69, 9.17) is 14.4 Å². The van der Waals surface area contributed by atoms with Crippen LogP contribution in [0.3, 0.4) is 0 Å². The average Bonchev–Trinajstić information content (AvgIpc) is 2.18. The predicted molar refractivity (Wildman–Crippen MR) is 61.5 cm³/mol. The Hall–Kier alpha value is -0.630. The van der Waals surface area contributed by atoms with Crippen molar-refractivity contribution in [1.29, 1.82) is 0 Å². The first-order chi connectivity index (χ1) is 7.39. The van der Waals surface area contributed by atoms with Crippen molar-refractivity contribution >= 4 is 26.0 Å². The number of hydrogen-bond acceptors (Lipinski definition) is 5. The molecule has 16 heavy (non-hydrogen) atoms. The van der Waals surface area contributed by atoms with Gasteiger partial charge in [-0.1, -0.05) is 15.9 Å². The zero-order chi connectivity index (χ0) is 12.3. The van der Waals surface area contributed by atoms with Crippen LogP contribution in [0.25, 0.3) is 0 Å². The number of hydrogen-bond donors (Lipinski definition) is 2. The predicted octanol–water partition coefficient (Wildman–Crippen LogP) is 0.772. The zero-order valence-corrected chi connectivity index (χ0v) is 10.9. The molecule has 0 saturated heterocycles. The van der Waals surface area contributed by atoms with E-state index in [1.54, 1.807) is 6.07 Å². The fourth-order valence-corrected chi connectivity index (χ4v) is 2.21.